The molecular weight excluding hydrogens is 1200 g/mol. The number of allylic oxidation sites excluding steroid dienone is 12. The Morgan fingerprint density at radius 1 is 0.276 bits per heavy atom. The van der Waals surface area contributed by atoms with E-state index in [0.717, 1.165) is 0 Å². The van der Waals surface area contributed by atoms with Crippen LogP contribution in [0.1, 0.15) is 116 Å². The number of hydrogen-bond acceptors (Lipinski definition) is 0. The summed E-state index contributed by atoms with van der Waals surface area (Å²) in [5.74, 6) is 0. The summed E-state index contributed by atoms with van der Waals surface area (Å²) in [5.41, 5.74) is 22.8. The van der Waals surface area contributed by atoms with Crippen LogP contribution in [0.4, 0.5) is 0 Å². The number of aryl methyl sites for hydroxylation is 6. The molecule has 6 atom stereocenters. The van der Waals surface area contributed by atoms with E-state index in [4.69, 9.17) is 0 Å². The molecule has 6 aromatic rings. The molecule has 0 saturated carbocycles. The molecule has 6 heteroatoms. The van der Waals surface area contributed by atoms with E-state index in [1.165, 1.54) is 33.4 Å². The molecule has 0 fully saturated rings. The molecule has 0 saturated heterocycles. The Morgan fingerprint density at radius 3 is 0.931 bits per heavy atom. The van der Waals surface area contributed by atoms with Gasteiger partial charge in [-0.15, -0.1) is 0 Å². The molecule has 6 unspecified atom stereocenters. The van der Waals surface area contributed by atoms with Crippen molar-refractivity contribution in [3.8, 4) is 0 Å². The number of hydrogen-bond donors (Lipinski definition) is 0. The summed E-state index contributed by atoms with van der Waals surface area (Å²) in [6.45, 7) is 51.1. The third-order valence-corrected chi connectivity index (χ3v) is 52.7. The zero-order valence-corrected chi connectivity index (χ0v) is 68.0. The van der Waals surface area contributed by atoms with Crippen LogP contribution < -0.4 is 31.1 Å². The minimum absolute atomic E-state index is 0.123. The molecule has 0 radical (unpaired) electrons. The van der Waals surface area contributed by atoms with E-state index < -0.39 is 74.0 Å². The van der Waals surface area contributed by atoms with E-state index in [2.05, 4.69) is 337 Å². The molecule has 0 bridgehead atoms. The molecule has 9 rings (SSSR count). The van der Waals surface area contributed by atoms with Crippen molar-refractivity contribution in [1.29, 1.82) is 0 Å². The van der Waals surface area contributed by atoms with Crippen LogP contribution in [-0.2, 0) is 49.8 Å². The van der Waals surface area contributed by atoms with Gasteiger partial charge in [-0.25, -0.2) is 0 Å². The van der Waals surface area contributed by atoms with Gasteiger partial charge in [0.1, 0.15) is 0 Å². The second-order valence-electron chi connectivity index (χ2n) is 31.3. The molecule has 0 amide bonds. The van der Waals surface area contributed by atoms with E-state index in [1.54, 1.807) is 81.3 Å². The van der Waals surface area contributed by atoms with Gasteiger partial charge < -0.3 is 0 Å². The van der Waals surface area contributed by atoms with Crippen LogP contribution in [0.3, 0.4) is 0 Å². The summed E-state index contributed by atoms with van der Waals surface area (Å²) in [6, 6.07) is 55.7. The van der Waals surface area contributed by atoms with Crippen molar-refractivity contribution in [2.45, 2.75) is 206 Å². The van der Waals surface area contributed by atoms with E-state index in [0.29, 0.717) is 0 Å². The van der Waals surface area contributed by atoms with E-state index in [9.17, 15) is 0 Å². The SMILES string of the molecule is CC1=C(C)C(C)([Si](C)(c2ccccc2)c2c(C)cccc2C)[C]([Ti]([CH3])([CH3])[CH3])=C1C.CC1=C(C)C(C)([Si](C)(c2ccccc2)c2cc(C)cc(C)c2)[C]([Ti]([CH3])([CH3])[CH3])=C1C.CC1=C(C)C(C)([Si](C)(c2ccccc2)c2cc(C)ccc2C)[C]([Ti]([CH3])([CH3])[CH3])=C1C. The van der Waals surface area contributed by atoms with Crippen molar-refractivity contribution in [3.05, 3.63) is 241 Å². The van der Waals surface area contributed by atoms with Gasteiger partial charge in [-0.2, -0.15) is 0 Å². The first-order chi connectivity index (χ1) is 40.1. The molecule has 3 aliphatic rings. The normalized spacial score (nSPS) is 22.3. The predicted octanol–water partition coefficient (Wildman–Crippen LogP) is 21.5. The zero-order valence-electron chi connectivity index (χ0n) is 60.4. The van der Waals surface area contributed by atoms with Crippen molar-refractivity contribution in [2.75, 3.05) is 0 Å². The van der Waals surface area contributed by atoms with Crippen LogP contribution in [0, 0.1) is 41.5 Å². The maximum absolute atomic E-state index is 2.65. The predicted molar refractivity (Wildman–Crippen MR) is 391 cm³/mol. The van der Waals surface area contributed by atoms with Gasteiger partial charge in [-0.05, 0) is 0 Å². The quantitative estimate of drug-likeness (QED) is 0.107. The molecule has 0 heterocycles. The fourth-order valence-corrected chi connectivity index (χ4v) is 56.7. The molecule has 6 aromatic carbocycles. The van der Waals surface area contributed by atoms with Crippen molar-refractivity contribution >= 4 is 55.3 Å². The average Bonchev–Trinajstić information content (AvgIpc) is 1.65. The zero-order chi connectivity index (χ0) is 65.3. The number of rotatable bonds is 12. The van der Waals surface area contributed by atoms with Crippen molar-refractivity contribution in [2.24, 2.45) is 0 Å². The van der Waals surface area contributed by atoms with Crippen LogP contribution in [0.15, 0.2) is 207 Å². The van der Waals surface area contributed by atoms with Gasteiger partial charge in [0, 0.05) is 0 Å². The fraction of sp³-hybridized carbons (Fsp3) is 0.407. The van der Waals surface area contributed by atoms with Crippen LogP contribution >= 0.6 is 0 Å². The van der Waals surface area contributed by atoms with Crippen molar-refractivity contribution in [3.63, 3.8) is 0 Å². The maximum atomic E-state index is 2.65. The topological polar surface area (TPSA) is 0 Å². The third-order valence-electron chi connectivity index (χ3n) is 23.3. The molecule has 87 heavy (non-hydrogen) atoms. The summed E-state index contributed by atoms with van der Waals surface area (Å²) in [6.07, 6.45) is 0. The van der Waals surface area contributed by atoms with Gasteiger partial charge in [0.2, 0.25) is 0 Å². The Balaban J connectivity index is 0.000000186. The summed E-state index contributed by atoms with van der Waals surface area (Å²) in [4.78, 5) is 0. The van der Waals surface area contributed by atoms with Gasteiger partial charge in [0.25, 0.3) is 0 Å². The molecule has 0 aliphatic heterocycles. The standard InChI is InChI=1S/3C24H29Si.9CH3.3Ti/c1-17-12-11-13-18(2)23(17)25(7,22-14-9-8-10-15-22)24(6)16-19(3)20(4)21(24)5;1-17-13-18(2)15-23(14-17)25(7,22-11-9-8-10-12-22)24(6)16-19(3)20(4)21(24)5;1-17-13-14-18(2)23(15-17)25(7,22-11-9-8-10-12-22)24(6)16-19(3)20(4)21(24)5;;;;;;;;;;;;/h3*8-15H,1-7H3;9*1H3;;;. The molecule has 0 nitrogen and oxygen atoms in total. The monoisotopic (exact) mass is 1310 g/mol. The van der Waals surface area contributed by atoms with E-state index in [1.807, 2.05) is 11.6 Å². The van der Waals surface area contributed by atoms with Gasteiger partial charge in [0.15, 0.2) is 0 Å². The van der Waals surface area contributed by atoms with Gasteiger partial charge in [-0.1, -0.05) is 0 Å². The van der Waals surface area contributed by atoms with Gasteiger partial charge >= 0.3 is 552 Å². The Kier molecular flexibility index (Phi) is 20.9. The Hall–Kier alpha value is -3.45. The third kappa shape index (κ3) is 11.9. The molecule has 0 N–H and O–H groups in total. The first kappa shape index (κ1) is 71.0. The summed E-state index contributed by atoms with van der Waals surface area (Å²) < 4.78 is 5.48. The summed E-state index contributed by atoms with van der Waals surface area (Å²) in [5, 5.41) is 33.2. The van der Waals surface area contributed by atoms with E-state index in [-0.39, 0.29) is 15.1 Å². The molecule has 0 spiro atoms. The first-order valence-corrected chi connectivity index (χ1v) is 56.6. The first-order valence-electron chi connectivity index (χ1n) is 32.7. The average molecular weight is 1320 g/mol. The molecular formula is C81H114Si3Ti3. The van der Waals surface area contributed by atoms with Crippen LogP contribution in [0.5, 0.6) is 0 Å². The van der Waals surface area contributed by atoms with E-state index >= 15 is 0 Å². The Labute approximate surface area is 546 Å². The van der Waals surface area contributed by atoms with Crippen molar-refractivity contribution < 1.29 is 49.8 Å². The fourth-order valence-electron chi connectivity index (χ4n) is 18.6. The second kappa shape index (κ2) is 25.6. The van der Waals surface area contributed by atoms with Crippen molar-refractivity contribution in [1.82, 2.24) is 0 Å². The molecule has 0 aromatic heterocycles. The minimum atomic E-state index is -2.17. The second-order valence-corrected chi connectivity index (χ2v) is 67.8. The Morgan fingerprint density at radius 2 is 0.586 bits per heavy atom. The van der Waals surface area contributed by atoms with Crippen LogP contribution in [-0.4, -0.2) is 24.2 Å². The van der Waals surface area contributed by atoms with Crippen LogP contribution in [0.2, 0.25) is 81.8 Å². The molecule has 3 aliphatic carbocycles. The molecule has 462 valence electrons. The van der Waals surface area contributed by atoms with Gasteiger partial charge in [0.05, 0.1) is 0 Å². The van der Waals surface area contributed by atoms with Gasteiger partial charge in [-0.3, -0.25) is 0 Å². The Bertz CT molecular complexity index is 3770. The number of benzene rings is 6. The summed E-state index contributed by atoms with van der Waals surface area (Å²) in [7, 11) is -6.47. The summed E-state index contributed by atoms with van der Waals surface area (Å²) >= 11 is -6.37. The van der Waals surface area contributed by atoms with Crippen LogP contribution in [0.25, 0.3) is 0 Å².